The maximum atomic E-state index is 11.1. The highest BCUT2D eigenvalue weighted by Gasteiger charge is 2.50. The number of para-hydroxylation sites is 1. The van der Waals surface area contributed by atoms with Gasteiger partial charge in [0.2, 0.25) is 5.52 Å². The van der Waals surface area contributed by atoms with Crippen LogP contribution in [0.2, 0.25) is 0 Å². The number of fused-ring (bicyclic) bond motifs is 4. The van der Waals surface area contributed by atoms with Gasteiger partial charge in [-0.15, -0.1) is 6.58 Å². The van der Waals surface area contributed by atoms with Crippen LogP contribution in [0.3, 0.4) is 0 Å². The number of piperidine rings is 3. The van der Waals surface area contributed by atoms with Gasteiger partial charge in [-0.3, -0.25) is 0 Å². The Balaban J connectivity index is 1.87. The minimum Gasteiger partial charge on any atom is -0.502 e. The summed E-state index contributed by atoms with van der Waals surface area (Å²) in [6.07, 6.45) is 5.63. The number of benzene rings is 1. The number of aliphatic hydroxyl groups is 1. The normalized spacial score (nSPS) is 31.2. The minimum absolute atomic E-state index is 0.144. The number of hydroxylamine groups is 3. The standard InChI is InChI=1S/C20H23N2O2/c1-3-14-13-22(24)11-9-15(14)12-19(22)20(23)17-8-10-21(2)18-7-5-4-6-16(17)18/h3-8,10,14-15,24H,1,9,11-13H2,2H3/q+1/p+1/b20-19-/t14-,15-,22?/m0/s1. The molecule has 0 radical (unpaired) electrons. The zero-order valence-corrected chi connectivity index (χ0v) is 14.0. The molecule has 24 heavy (non-hydrogen) atoms. The molecule has 1 unspecified atom stereocenters. The number of rotatable bonds is 2. The number of aromatic nitrogens is 1. The maximum Gasteiger partial charge on any atom is 0.212 e. The topological polar surface area (TPSA) is 44.3 Å². The van der Waals surface area contributed by atoms with Gasteiger partial charge in [0.05, 0.1) is 5.39 Å². The summed E-state index contributed by atoms with van der Waals surface area (Å²) in [5.74, 6) is 1.03. The van der Waals surface area contributed by atoms with E-state index in [-0.39, 0.29) is 10.4 Å². The summed E-state index contributed by atoms with van der Waals surface area (Å²) >= 11 is 0. The monoisotopic (exact) mass is 324 g/mol. The van der Waals surface area contributed by atoms with Gasteiger partial charge < -0.3 is 5.11 Å². The van der Waals surface area contributed by atoms with E-state index in [0.29, 0.717) is 24.9 Å². The lowest BCUT2D eigenvalue weighted by molar-refractivity contribution is -1.08. The van der Waals surface area contributed by atoms with Crippen LogP contribution >= 0.6 is 0 Å². The molecular weight excluding hydrogens is 300 g/mol. The van der Waals surface area contributed by atoms with E-state index in [2.05, 4.69) is 6.58 Å². The molecule has 2 N–H and O–H groups in total. The van der Waals surface area contributed by atoms with E-state index in [1.807, 2.05) is 54.2 Å². The van der Waals surface area contributed by atoms with Crippen molar-refractivity contribution in [1.82, 2.24) is 0 Å². The molecule has 124 valence electrons. The molecular formula is C20H24N2O2+2. The van der Waals surface area contributed by atoms with E-state index >= 15 is 0 Å². The molecule has 3 saturated heterocycles. The van der Waals surface area contributed by atoms with Crippen molar-refractivity contribution in [1.29, 1.82) is 0 Å². The predicted molar refractivity (Wildman–Crippen MR) is 92.9 cm³/mol. The molecule has 0 amide bonds. The van der Waals surface area contributed by atoms with Crippen LogP contribution in [0, 0.1) is 11.8 Å². The fourth-order valence-electron chi connectivity index (χ4n) is 4.39. The molecule has 3 aliphatic heterocycles. The van der Waals surface area contributed by atoms with Crippen LogP contribution in [-0.2, 0) is 7.05 Å². The lowest BCUT2D eigenvalue weighted by atomic mass is 9.76. The van der Waals surface area contributed by atoms with Crippen molar-refractivity contribution in [2.75, 3.05) is 13.1 Å². The molecule has 0 spiro atoms. The van der Waals surface area contributed by atoms with Gasteiger partial charge in [-0.2, -0.15) is 4.65 Å². The number of aryl methyl sites for hydroxylation is 1. The molecule has 1 aromatic carbocycles. The highest BCUT2D eigenvalue weighted by Crippen LogP contribution is 2.45. The van der Waals surface area contributed by atoms with Crippen LogP contribution in [0.25, 0.3) is 16.7 Å². The summed E-state index contributed by atoms with van der Waals surface area (Å²) in [7, 11) is 2.00. The molecule has 4 heteroatoms. The third kappa shape index (κ3) is 2.18. The number of aliphatic hydroxyl groups excluding tert-OH is 1. The van der Waals surface area contributed by atoms with Gasteiger partial charge in [-0.1, -0.05) is 18.2 Å². The Morgan fingerprint density at radius 2 is 2.12 bits per heavy atom. The fourth-order valence-corrected chi connectivity index (χ4v) is 4.39. The quantitative estimate of drug-likeness (QED) is 0.385. The fraction of sp³-hybridized carbons (Fsp3) is 0.350. The summed E-state index contributed by atoms with van der Waals surface area (Å²) in [4.78, 5) is 0. The van der Waals surface area contributed by atoms with E-state index in [1.165, 1.54) is 0 Å². The zero-order chi connectivity index (χ0) is 16.9. The number of quaternary nitrogens is 1. The molecule has 3 aliphatic rings. The summed E-state index contributed by atoms with van der Waals surface area (Å²) in [5, 5.41) is 23.2. The van der Waals surface area contributed by atoms with Crippen LogP contribution < -0.4 is 4.57 Å². The molecule has 5 rings (SSSR count). The largest absolute Gasteiger partial charge is 0.502 e. The van der Waals surface area contributed by atoms with Gasteiger partial charge >= 0.3 is 0 Å². The van der Waals surface area contributed by atoms with Crippen molar-refractivity contribution in [2.24, 2.45) is 18.9 Å². The van der Waals surface area contributed by atoms with Gasteiger partial charge in [-0.25, -0.2) is 9.77 Å². The lowest BCUT2D eigenvalue weighted by Gasteiger charge is -2.47. The summed E-state index contributed by atoms with van der Waals surface area (Å²) in [6, 6.07) is 9.98. The lowest BCUT2D eigenvalue weighted by Crippen LogP contribution is -2.58. The first kappa shape index (κ1) is 15.4. The summed E-state index contributed by atoms with van der Waals surface area (Å²) < 4.78 is 1.90. The van der Waals surface area contributed by atoms with Crippen molar-refractivity contribution >= 4 is 16.7 Å². The molecule has 1 aromatic heterocycles. The zero-order valence-electron chi connectivity index (χ0n) is 14.0. The van der Waals surface area contributed by atoms with Gasteiger partial charge in [0.15, 0.2) is 17.7 Å². The highest BCUT2D eigenvalue weighted by molar-refractivity contribution is 5.88. The third-order valence-electron chi connectivity index (χ3n) is 5.82. The first-order valence-corrected chi connectivity index (χ1v) is 8.56. The Morgan fingerprint density at radius 1 is 1.33 bits per heavy atom. The second-order valence-electron chi connectivity index (χ2n) is 7.13. The molecule has 3 atom stereocenters. The van der Waals surface area contributed by atoms with E-state index in [4.69, 9.17) is 0 Å². The Kier molecular flexibility index (Phi) is 3.48. The molecule has 2 aromatic rings. The van der Waals surface area contributed by atoms with Gasteiger partial charge in [0.25, 0.3) is 0 Å². The van der Waals surface area contributed by atoms with E-state index in [0.717, 1.165) is 35.0 Å². The highest BCUT2D eigenvalue weighted by atomic mass is 16.5. The average Bonchev–Trinajstić information content (AvgIpc) is 2.61. The molecule has 4 nitrogen and oxygen atoms in total. The summed E-state index contributed by atoms with van der Waals surface area (Å²) in [6.45, 7) is 5.20. The Bertz CT molecular complexity index is 858. The first-order valence-electron chi connectivity index (χ1n) is 8.56. The van der Waals surface area contributed by atoms with E-state index in [9.17, 15) is 10.3 Å². The van der Waals surface area contributed by atoms with Crippen molar-refractivity contribution in [3.05, 3.63) is 60.4 Å². The average molecular weight is 324 g/mol. The SMILES string of the molecule is C=C[C@H]1C[N+]2(O)CC[C@H]1C/C2=C(/O)c1cc[n+](C)c2ccccc12. The maximum absolute atomic E-state index is 11.1. The molecule has 0 saturated carbocycles. The molecule has 0 aliphatic carbocycles. The van der Waals surface area contributed by atoms with E-state index < -0.39 is 0 Å². The first-order chi connectivity index (χ1) is 11.5. The van der Waals surface area contributed by atoms with Crippen molar-refractivity contribution < 1.29 is 19.5 Å². The number of hydrogen-bond donors (Lipinski definition) is 2. The molecule has 4 heterocycles. The minimum atomic E-state index is -0.144. The summed E-state index contributed by atoms with van der Waals surface area (Å²) in [5.41, 5.74) is 2.61. The van der Waals surface area contributed by atoms with Gasteiger partial charge in [-0.05, 0) is 12.0 Å². The smallest absolute Gasteiger partial charge is 0.212 e. The van der Waals surface area contributed by atoms with Gasteiger partial charge in [0.1, 0.15) is 20.1 Å². The van der Waals surface area contributed by atoms with Crippen LogP contribution in [0.1, 0.15) is 18.4 Å². The van der Waals surface area contributed by atoms with E-state index in [1.54, 1.807) is 0 Å². The van der Waals surface area contributed by atoms with Crippen LogP contribution in [0.15, 0.2) is 54.9 Å². The van der Waals surface area contributed by atoms with Crippen molar-refractivity contribution in [3.8, 4) is 0 Å². The number of hydrogen-bond acceptors (Lipinski definition) is 2. The number of nitrogens with zero attached hydrogens (tertiary/aromatic N) is 2. The second-order valence-corrected chi connectivity index (χ2v) is 7.13. The van der Waals surface area contributed by atoms with Crippen LogP contribution in [0.5, 0.6) is 0 Å². The van der Waals surface area contributed by atoms with Crippen molar-refractivity contribution in [3.63, 3.8) is 0 Å². The van der Waals surface area contributed by atoms with Crippen LogP contribution in [0.4, 0.5) is 0 Å². The molecule has 3 fully saturated rings. The number of pyridine rings is 1. The Morgan fingerprint density at radius 3 is 2.88 bits per heavy atom. The Labute approximate surface area is 142 Å². The molecule has 2 bridgehead atoms. The number of allylic oxidation sites excluding steroid dienone is 1. The second kappa shape index (κ2) is 5.43. The van der Waals surface area contributed by atoms with Gasteiger partial charge in [0, 0.05) is 36.5 Å². The van der Waals surface area contributed by atoms with Crippen molar-refractivity contribution in [2.45, 2.75) is 12.8 Å². The third-order valence-corrected chi connectivity index (χ3v) is 5.82. The van der Waals surface area contributed by atoms with Crippen LogP contribution in [-0.4, -0.2) is 28.0 Å². The predicted octanol–water partition coefficient (Wildman–Crippen LogP) is 3.32. The Hall–Kier alpha value is -2.17.